The van der Waals surface area contributed by atoms with Gasteiger partial charge in [-0.2, -0.15) is 0 Å². The van der Waals surface area contributed by atoms with E-state index in [-0.39, 0.29) is 11.4 Å². The summed E-state index contributed by atoms with van der Waals surface area (Å²) in [4.78, 5) is 21.1. The second-order valence-corrected chi connectivity index (χ2v) is 3.91. The van der Waals surface area contributed by atoms with Crippen LogP contribution in [0.4, 0.5) is 11.4 Å². The van der Waals surface area contributed by atoms with E-state index < -0.39 is 12.6 Å². The fourth-order valence-electron chi connectivity index (χ4n) is 1.43. The monoisotopic (exact) mass is 237 g/mol. The first-order chi connectivity index (χ1) is 8.19. The molecule has 0 saturated heterocycles. The van der Waals surface area contributed by atoms with Gasteiger partial charge in [0.05, 0.1) is 0 Å². The van der Waals surface area contributed by atoms with Gasteiger partial charge in [0, 0.05) is 27.9 Å². The summed E-state index contributed by atoms with van der Waals surface area (Å²) in [5.74, 6) is -0.842. The molecule has 0 radical (unpaired) electrons. The number of anilines is 1. The molecule has 2 rings (SSSR count). The highest BCUT2D eigenvalue weighted by atomic mass is 16.5. The number of ether oxygens (including phenoxy) is 1. The van der Waals surface area contributed by atoms with Crippen LogP contribution in [0.3, 0.4) is 0 Å². The van der Waals surface area contributed by atoms with Crippen molar-refractivity contribution in [3.63, 3.8) is 0 Å². The molecule has 1 saturated carbocycles. The number of nitroso groups, excluding NO2 is 1. The van der Waals surface area contributed by atoms with Gasteiger partial charge in [-0.05, 0) is 25.0 Å². The lowest BCUT2D eigenvalue weighted by Crippen LogP contribution is -2.55. The van der Waals surface area contributed by atoms with Gasteiger partial charge >= 0.3 is 5.97 Å². The van der Waals surface area contributed by atoms with E-state index in [1.807, 2.05) is 0 Å². The van der Waals surface area contributed by atoms with Gasteiger partial charge in [-0.15, -0.1) is 0 Å². The minimum Gasteiger partial charge on any atom is -0.479 e. The summed E-state index contributed by atoms with van der Waals surface area (Å²) in [5.41, 5.74) is 1.06. The van der Waals surface area contributed by atoms with Gasteiger partial charge in [0.2, 0.25) is 0 Å². The number of carbonyl (C=O) groups is 1. The summed E-state index contributed by atoms with van der Waals surface area (Å²) < 4.78 is 4.98. The van der Waals surface area contributed by atoms with E-state index >= 15 is 0 Å². The molecule has 0 amide bonds. The Morgan fingerprint density at radius 3 is 2.88 bits per heavy atom. The Hall–Kier alpha value is -2.11. The molecule has 17 heavy (non-hydrogen) atoms. The summed E-state index contributed by atoms with van der Waals surface area (Å²) in [6.07, 6.45) is 2.27. The fraction of sp³-hybridized carbons (Fsp3) is 0.364. The first-order valence-corrected chi connectivity index (χ1v) is 5.32. The summed E-state index contributed by atoms with van der Waals surface area (Å²) in [6, 6.07) is 5.44. The number of rotatable bonds is 6. The van der Waals surface area contributed by atoms with Crippen LogP contribution in [-0.4, -0.2) is 23.7 Å². The van der Waals surface area contributed by atoms with Crippen LogP contribution in [0.1, 0.15) is 12.8 Å². The first kappa shape index (κ1) is 11.4. The molecule has 1 aromatic rings. The molecule has 1 aliphatic carbocycles. The average Bonchev–Trinajstić information content (AvgIpc) is 3.11. The highest BCUT2D eigenvalue weighted by Crippen LogP contribution is 2.28. The molecule has 1 aliphatic rings. The van der Waals surface area contributed by atoms with Crippen molar-refractivity contribution in [3.05, 3.63) is 23.1 Å². The Morgan fingerprint density at radius 2 is 2.29 bits per heavy atom. The van der Waals surface area contributed by atoms with Gasteiger partial charge in [-0.1, -0.05) is 0 Å². The lowest BCUT2D eigenvalue weighted by molar-refractivity contribution is -0.380. The van der Waals surface area contributed by atoms with E-state index in [9.17, 15) is 9.70 Å². The maximum absolute atomic E-state index is 10.7. The van der Waals surface area contributed by atoms with Crippen LogP contribution in [-0.2, 0) is 4.79 Å². The molecular formula is C11H13N2O4+. The Labute approximate surface area is 97.6 Å². The van der Waals surface area contributed by atoms with Crippen LogP contribution in [0.15, 0.2) is 18.2 Å². The SMILES string of the molecule is O=[NH+]c1cc(NC2CC2)ccc1OCC(=O)O. The Balaban J connectivity index is 2.09. The Kier molecular flexibility index (Phi) is 3.22. The molecular weight excluding hydrogens is 224 g/mol. The van der Waals surface area contributed by atoms with E-state index in [0.29, 0.717) is 6.04 Å². The number of benzene rings is 1. The molecule has 90 valence electrons. The zero-order valence-electron chi connectivity index (χ0n) is 9.10. The minimum atomic E-state index is -1.08. The first-order valence-electron chi connectivity index (χ1n) is 5.32. The summed E-state index contributed by atoms with van der Waals surface area (Å²) in [5, 5.41) is 13.5. The lowest BCUT2D eigenvalue weighted by atomic mass is 10.2. The van der Waals surface area contributed by atoms with Crippen molar-refractivity contribution < 1.29 is 19.8 Å². The van der Waals surface area contributed by atoms with Gasteiger partial charge < -0.3 is 15.2 Å². The van der Waals surface area contributed by atoms with Crippen molar-refractivity contribution in [2.45, 2.75) is 18.9 Å². The molecule has 1 fully saturated rings. The molecule has 0 aliphatic heterocycles. The normalized spacial score (nSPS) is 14.1. The number of carboxylic acid groups (broad SMARTS) is 1. The summed E-state index contributed by atoms with van der Waals surface area (Å²) >= 11 is 0. The molecule has 6 nitrogen and oxygen atoms in total. The van der Waals surface area contributed by atoms with E-state index in [0.717, 1.165) is 18.5 Å². The van der Waals surface area contributed by atoms with Gasteiger partial charge in [0.15, 0.2) is 12.4 Å². The van der Waals surface area contributed by atoms with Crippen molar-refractivity contribution in [1.82, 2.24) is 0 Å². The van der Waals surface area contributed by atoms with Crippen molar-refractivity contribution in [2.24, 2.45) is 0 Å². The number of nitrogens with one attached hydrogen (secondary N) is 2. The maximum Gasteiger partial charge on any atom is 0.341 e. The second-order valence-electron chi connectivity index (χ2n) is 3.91. The van der Waals surface area contributed by atoms with Crippen LogP contribution >= 0.6 is 0 Å². The number of aliphatic carboxylic acids is 1. The highest BCUT2D eigenvalue weighted by Gasteiger charge is 2.22. The van der Waals surface area contributed by atoms with E-state index in [1.165, 1.54) is 0 Å². The molecule has 0 heterocycles. The zero-order valence-corrected chi connectivity index (χ0v) is 9.10. The van der Waals surface area contributed by atoms with E-state index in [2.05, 4.69) is 5.32 Å². The van der Waals surface area contributed by atoms with Crippen LogP contribution in [0.2, 0.25) is 0 Å². The van der Waals surface area contributed by atoms with E-state index in [4.69, 9.17) is 9.84 Å². The van der Waals surface area contributed by atoms with Crippen molar-refractivity contribution in [3.8, 4) is 5.75 Å². The Morgan fingerprint density at radius 1 is 1.53 bits per heavy atom. The molecule has 0 unspecified atom stereocenters. The van der Waals surface area contributed by atoms with Gasteiger partial charge in [0.1, 0.15) is 0 Å². The average molecular weight is 237 g/mol. The molecule has 0 spiro atoms. The van der Waals surface area contributed by atoms with Crippen LogP contribution in [0.5, 0.6) is 5.75 Å². The zero-order chi connectivity index (χ0) is 12.3. The third-order valence-electron chi connectivity index (χ3n) is 2.39. The molecule has 0 atom stereocenters. The largest absolute Gasteiger partial charge is 0.479 e. The molecule has 1 aromatic carbocycles. The van der Waals surface area contributed by atoms with Gasteiger partial charge in [-0.3, -0.25) is 0 Å². The second kappa shape index (κ2) is 4.82. The number of hydrogen-bond acceptors (Lipinski definition) is 4. The summed E-state index contributed by atoms with van der Waals surface area (Å²) in [7, 11) is 0. The Bertz CT molecular complexity index is 443. The van der Waals surface area contributed by atoms with E-state index in [1.54, 1.807) is 23.4 Å². The third kappa shape index (κ3) is 3.17. The molecule has 0 bridgehead atoms. The quantitative estimate of drug-likeness (QED) is 0.657. The van der Waals surface area contributed by atoms with Crippen molar-refractivity contribution in [1.29, 1.82) is 0 Å². The third-order valence-corrected chi connectivity index (χ3v) is 2.39. The smallest absolute Gasteiger partial charge is 0.341 e. The van der Waals surface area contributed by atoms with Crippen LogP contribution in [0, 0.1) is 4.91 Å². The van der Waals surface area contributed by atoms with Gasteiger partial charge in [-0.25, -0.2) is 4.79 Å². The lowest BCUT2D eigenvalue weighted by Gasteiger charge is -2.06. The topological polar surface area (TPSA) is 89.6 Å². The molecule has 6 heteroatoms. The predicted molar refractivity (Wildman–Crippen MR) is 60.2 cm³/mol. The number of carboxylic acids is 1. The minimum absolute atomic E-state index is 0.233. The van der Waals surface area contributed by atoms with Crippen molar-refractivity contribution >= 4 is 17.3 Å². The van der Waals surface area contributed by atoms with Crippen LogP contribution in [0.25, 0.3) is 0 Å². The number of hydrogen-bond donors (Lipinski definition) is 3. The highest BCUT2D eigenvalue weighted by molar-refractivity contribution is 5.69. The van der Waals surface area contributed by atoms with Crippen LogP contribution < -0.4 is 15.2 Å². The summed E-state index contributed by atoms with van der Waals surface area (Å²) in [6.45, 7) is -0.468. The fourth-order valence-corrected chi connectivity index (χ4v) is 1.43. The van der Waals surface area contributed by atoms with Crippen molar-refractivity contribution in [2.75, 3.05) is 11.9 Å². The molecule has 3 N–H and O–H groups in total. The molecule has 0 aromatic heterocycles. The predicted octanol–water partition coefficient (Wildman–Crippen LogP) is 0.203. The maximum atomic E-state index is 10.7. The standard InChI is InChI=1S/C11H12N2O4/c14-11(15)6-17-10-4-3-8(5-9(10)13-16)12-7-1-2-7/h3-5,7,12H,1-2,6H2,(H,14,15)/p+1. The van der Waals surface area contributed by atoms with Gasteiger partial charge in [0.25, 0.3) is 5.69 Å².